The van der Waals surface area contributed by atoms with E-state index in [2.05, 4.69) is 5.32 Å². The van der Waals surface area contributed by atoms with Gasteiger partial charge in [0.05, 0.1) is 11.3 Å². The number of carboxylic acids is 1. The van der Waals surface area contributed by atoms with Crippen molar-refractivity contribution < 1.29 is 24.2 Å². The highest BCUT2D eigenvalue weighted by atomic mass is 35.5. The van der Waals surface area contributed by atoms with Gasteiger partial charge in [0.25, 0.3) is 5.91 Å². The lowest BCUT2D eigenvalue weighted by atomic mass is 10.1. The Morgan fingerprint density at radius 1 is 0.867 bits per heavy atom. The molecule has 0 unspecified atom stereocenters. The van der Waals surface area contributed by atoms with E-state index >= 15 is 0 Å². The summed E-state index contributed by atoms with van der Waals surface area (Å²) in [5.74, 6) is -1.62. The van der Waals surface area contributed by atoms with E-state index in [9.17, 15) is 19.5 Å². The summed E-state index contributed by atoms with van der Waals surface area (Å²) in [6, 6.07) is 16.8. The maximum absolute atomic E-state index is 12.6. The molecular weight excluding hydrogens is 429 g/mol. The van der Waals surface area contributed by atoms with E-state index in [1.54, 1.807) is 36.4 Å². The number of carbonyl (C=O) groups is 3. The van der Waals surface area contributed by atoms with Crippen LogP contribution in [0.4, 0.5) is 5.69 Å². The highest BCUT2D eigenvalue weighted by molar-refractivity contribution is 6.31. The maximum Gasteiger partial charge on any atom is 0.337 e. The number of halogens is 2. The summed E-state index contributed by atoms with van der Waals surface area (Å²) in [6.45, 7) is -0.215. The number of Topliss-reactive ketones (excluding diaryl/α,β-unsaturated/α-hetero) is 1. The van der Waals surface area contributed by atoms with Gasteiger partial charge in [-0.05, 0) is 54.6 Å². The molecule has 1 amide bonds. The molecule has 0 aromatic heterocycles. The van der Waals surface area contributed by atoms with Crippen molar-refractivity contribution in [1.29, 1.82) is 0 Å². The number of aromatic carboxylic acids is 1. The first kappa shape index (κ1) is 21.4. The number of benzene rings is 3. The number of ether oxygens (including phenoxy) is 1. The van der Waals surface area contributed by atoms with Gasteiger partial charge in [-0.25, -0.2) is 4.79 Å². The average molecular weight is 444 g/mol. The molecule has 2 N–H and O–H groups in total. The first-order valence-corrected chi connectivity index (χ1v) is 9.45. The van der Waals surface area contributed by atoms with Crippen LogP contribution in [0, 0.1) is 0 Å². The van der Waals surface area contributed by atoms with Crippen LogP contribution in [0.1, 0.15) is 31.1 Å². The topological polar surface area (TPSA) is 92.7 Å². The molecule has 8 heteroatoms. The lowest BCUT2D eigenvalue weighted by molar-refractivity contribution is 0.0697. The number of amides is 1. The fraction of sp³-hybridized carbons (Fsp3) is 0.0455. The number of hydrogen-bond donors (Lipinski definition) is 2. The van der Waals surface area contributed by atoms with Crippen LogP contribution >= 0.6 is 23.2 Å². The zero-order chi connectivity index (χ0) is 21.7. The number of carbonyl (C=O) groups excluding carboxylic acids is 2. The smallest absolute Gasteiger partial charge is 0.337 e. The van der Waals surface area contributed by atoms with E-state index in [-0.39, 0.29) is 39.8 Å². The van der Waals surface area contributed by atoms with Gasteiger partial charge in [-0.15, -0.1) is 0 Å². The normalized spacial score (nSPS) is 10.3. The Morgan fingerprint density at radius 3 is 2.23 bits per heavy atom. The first-order valence-electron chi connectivity index (χ1n) is 8.69. The Morgan fingerprint density at radius 2 is 1.53 bits per heavy atom. The van der Waals surface area contributed by atoms with Crippen molar-refractivity contribution in [3.05, 3.63) is 93.5 Å². The van der Waals surface area contributed by atoms with Crippen LogP contribution in [0.15, 0.2) is 66.7 Å². The van der Waals surface area contributed by atoms with Crippen LogP contribution in [-0.2, 0) is 0 Å². The van der Waals surface area contributed by atoms with E-state index in [4.69, 9.17) is 27.9 Å². The van der Waals surface area contributed by atoms with Crippen LogP contribution in [0.25, 0.3) is 0 Å². The minimum atomic E-state index is -1.23. The molecule has 30 heavy (non-hydrogen) atoms. The summed E-state index contributed by atoms with van der Waals surface area (Å²) in [7, 11) is 0. The third-order valence-electron chi connectivity index (χ3n) is 4.09. The Balaban J connectivity index is 1.71. The van der Waals surface area contributed by atoms with Crippen molar-refractivity contribution in [2.45, 2.75) is 0 Å². The van der Waals surface area contributed by atoms with Crippen molar-refractivity contribution in [2.75, 3.05) is 11.9 Å². The Labute approximate surface area is 182 Å². The minimum Gasteiger partial charge on any atom is -0.485 e. The Kier molecular flexibility index (Phi) is 6.72. The van der Waals surface area contributed by atoms with Gasteiger partial charge >= 0.3 is 5.97 Å². The fourth-order valence-corrected chi connectivity index (χ4v) is 2.89. The lowest BCUT2D eigenvalue weighted by Crippen LogP contribution is -2.16. The van der Waals surface area contributed by atoms with Crippen molar-refractivity contribution in [1.82, 2.24) is 0 Å². The first-order chi connectivity index (χ1) is 14.3. The molecule has 0 radical (unpaired) electrons. The zero-order valence-corrected chi connectivity index (χ0v) is 16.9. The average Bonchev–Trinajstić information content (AvgIpc) is 2.74. The molecule has 3 rings (SSSR count). The van der Waals surface area contributed by atoms with E-state index in [1.165, 1.54) is 30.3 Å². The summed E-state index contributed by atoms with van der Waals surface area (Å²) < 4.78 is 5.44. The second-order valence-electron chi connectivity index (χ2n) is 6.20. The molecule has 0 aliphatic rings. The number of ketones is 1. The number of nitrogens with one attached hydrogen (secondary N) is 1. The second-order valence-corrected chi connectivity index (χ2v) is 7.07. The number of rotatable bonds is 7. The lowest BCUT2D eigenvalue weighted by Gasteiger charge is -2.10. The summed E-state index contributed by atoms with van der Waals surface area (Å²) >= 11 is 11.6. The largest absolute Gasteiger partial charge is 0.485 e. The molecule has 152 valence electrons. The van der Waals surface area contributed by atoms with Gasteiger partial charge in [0.1, 0.15) is 5.75 Å². The molecule has 0 fully saturated rings. The van der Waals surface area contributed by atoms with Crippen molar-refractivity contribution in [3.8, 4) is 5.75 Å². The van der Waals surface area contributed by atoms with Crippen molar-refractivity contribution >= 4 is 46.5 Å². The van der Waals surface area contributed by atoms with E-state index in [0.717, 1.165) is 0 Å². The summed E-state index contributed by atoms with van der Waals surface area (Å²) in [5.41, 5.74) is 0.434. The van der Waals surface area contributed by atoms with Gasteiger partial charge in [0.2, 0.25) is 0 Å². The SMILES string of the molecule is O=C(COc1ccc(Cl)cc1)c1cccc(C(=O)Nc2ccc(Cl)cc2C(=O)O)c1. The highest BCUT2D eigenvalue weighted by Crippen LogP contribution is 2.22. The molecule has 0 aliphatic carbocycles. The quantitative estimate of drug-likeness (QED) is 0.489. The summed E-state index contributed by atoms with van der Waals surface area (Å²) in [5, 5.41) is 12.6. The van der Waals surface area contributed by atoms with Crippen LogP contribution in [0.3, 0.4) is 0 Å². The predicted octanol–water partition coefficient (Wildman–Crippen LogP) is 5.21. The van der Waals surface area contributed by atoms with E-state index in [1.807, 2.05) is 0 Å². The number of carboxylic acid groups (broad SMARTS) is 1. The molecule has 0 bridgehead atoms. The van der Waals surface area contributed by atoms with Gasteiger partial charge in [0.15, 0.2) is 12.4 Å². The van der Waals surface area contributed by atoms with Crippen LogP contribution in [-0.4, -0.2) is 29.4 Å². The monoisotopic (exact) mass is 443 g/mol. The summed E-state index contributed by atoms with van der Waals surface area (Å²) in [4.78, 5) is 36.4. The highest BCUT2D eigenvalue weighted by Gasteiger charge is 2.16. The molecular formula is C22H15Cl2NO5. The predicted molar refractivity (Wildman–Crippen MR) is 114 cm³/mol. The third kappa shape index (κ3) is 5.37. The number of hydrogen-bond acceptors (Lipinski definition) is 4. The molecule has 6 nitrogen and oxygen atoms in total. The number of anilines is 1. The molecule has 0 atom stereocenters. The summed E-state index contributed by atoms with van der Waals surface area (Å²) in [6.07, 6.45) is 0. The zero-order valence-electron chi connectivity index (χ0n) is 15.4. The van der Waals surface area contributed by atoms with E-state index < -0.39 is 11.9 Å². The molecule has 0 aliphatic heterocycles. The van der Waals surface area contributed by atoms with Gasteiger partial charge in [-0.2, -0.15) is 0 Å². The van der Waals surface area contributed by atoms with E-state index in [0.29, 0.717) is 10.8 Å². The molecule has 0 saturated carbocycles. The minimum absolute atomic E-state index is 0.0969. The molecule has 0 heterocycles. The Bertz CT molecular complexity index is 1110. The molecule has 3 aromatic rings. The molecule has 0 spiro atoms. The second kappa shape index (κ2) is 9.43. The van der Waals surface area contributed by atoms with Crippen LogP contribution in [0.2, 0.25) is 10.0 Å². The van der Waals surface area contributed by atoms with Gasteiger partial charge in [-0.1, -0.05) is 35.3 Å². The van der Waals surface area contributed by atoms with Crippen LogP contribution < -0.4 is 10.1 Å². The third-order valence-corrected chi connectivity index (χ3v) is 4.58. The van der Waals surface area contributed by atoms with Gasteiger partial charge in [-0.3, -0.25) is 9.59 Å². The fourth-order valence-electron chi connectivity index (χ4n) is 2.59. The van der Waals surface area contributed by atoms with Gasteiger partial charge in [0, 0.05) is 21.2 Å². The van der Waals surface area contributed by atoms with Gasteiger partial charge < -0.3 is 15.2 Å². The molecule has 3 aromatic carbocycles. The maximum atomic E-state index is 12.6. The van der Waals surface area contributed by atoms with Crippen LogP contribution in [0.5, 0.6) is 5.75 Å². The van der Waals surface area contributed by atoms with Crippen molar-refractivity contribution in [2.24, 2.45) is 0 Å². The standard InChI is InChI=1S/C22H15Cl2NO5/c23-15-4-7-17(8-5-15)30-12-20(26)13-2-1-3-14(10-13)21(27)25-19-9-6-16(24)11-18(19)22(28)29/h1-11H,12H2,(H,25,27)(H,28,29). The van der Waals surface area contributed by atoms with Crippen molar-refractivity contribution in [3.63, 3.8) is 0 Å². The molecule has 0 saturated heterocycles. The Hall–Kier alpha value is -3.35.